The minimum atomic E-state index is 0.0633. The third kappa shape index (κ3) is 1.88. The van der Waals surface area contributed by atoms with Gasteiger partial charge in [0.2, 0.25) is 5.91 Å². The molecule has 1 heterocycles. The Labute approximate surface area is 104 Å². The van der Waals surface area contributed by atoms with Gasteiger partial charge in [0.25, 0.3) is 0 Å². The number of amides is 1. The van der Waals surface area contributed by atoms with Crippen molar-refractivity contribution in [3.05, 3.63) is 0 Å². The number of hydrogen-bond acceptors (Lipinski definition) is 2. The first-order valence-electron chi connectivity index (χ1n) is 7.16. The van der Waals surface area contributed by atoms with Gasteiger partial charge >= 0.3 is 0 Å². The summed E-state index contributed by atoms with van der Waals surface area (Å²) < 4.78 is 0. The lowest BCUT2D eigenvalue weighted by molar-refractivity contribution is -0.135. The molecule has 0 spiro atoms. The Kier molecular flexibility index (Phi) is 2.69. The van der Waals surface area contributed by atoms with E-state index in [1.807, 2.05) is 0 Å². The van der Waals surface area contributed by atoms with Crippen LogP contribution >= 0.6 is 0 Å². The van der Waals surface area contributed by atoms with Gasteiger partial charge in [-0.2, -0.15) is 0 Å². The fraction of sp³-hybridized carbons (Fsp3) is 0.929. The molecular formula is C14H24N2O. The van der Waals surface area contributed by atoms with E-state index >= 15 is 0 Å². The molecule has 1 saturated heterocycles. The van der Waals surface area contributed by atoms with Gasteiger partial charge in [-0.25, -0.2) is 0 Å². The lowest BCUT2D eigenvalue weighted by atomic mass is 9.92. The van der Waals surface area contributed by atoms with Crippen LogP contribution < -0.4 is 5.32 Å². The van der Waals surface area contributed by atoms with E-state index in [0.29, 0.717) is 24.5 Å². The maximum Gasteiger partial charge on any atom is 0.238 e. The van der Waals surface area contributed by atoms with Crippen LogP contribution in [-0.4, -0.2) is 29.1 Å². The molecule has 3 heteroatoms. The van der Waals surface area contributed by atoms with Crippen LogP contribution in [0.2, 0.25) is 0 Å². The molecule has 3 nitrogen and oxygen atoms in total. The largest absolute Gasteiger partial charge is 0.320 e. The van der Waals surface area contributed by atoms with Gasteiger partial charge in [-0.1, -0.05) is 12.8 Å². The van der Waals surface area contributed by atoms with Gasteiger partial charge in [0.05, 0.1) is 12.7 Å². The van der Waals surface area contributed by atoms with Gasteiger partial charge in [-0.15, -0.1) is 0 Å². The van der Waals surface area contributed by atoms with Crippen molar-refractivity contribution in [2.45, 2.75) is 64.1 Å². The Morgan fingerprint density at radius 3 is 2.41 bits per heavy atom. The number of nitrogens with one attached hydrogen (secondary N) is 1. The van der Waals surface area contributed by atoms with E-state index in [9.17, 15) is 4.79 Å². The minimum absolute atomic E-state index is 0.0633. The van der Waals surface area contributed by atoms with Crippen LogP contribution in [-0.2, 0) is 4.79 Å². The number of carbonyl (C=O) groups excluding carboxylic acids is 1. The summed E-state index contributed by atoms with van der Waals surface area (Å²) in [5.74, 6) is 1.74. The summed E-state index contributed by atoms with van der Waals surface area (Å²) in [5, 5.41) is 3.46. The fourth-order valence-electron chi connectivity index (χ4n) is 3.84. The second kappa shape index (κ2) is 3.98. The molecule has 0 radical (unpaired) electrons. The first-order valence-corrected chi connectivity index (χ1v) is 7.16. The Morgan fingerprint density at radius 2 is 1.82 bits per heavy atom. The zero-order valence-corrected chi connectivity index (χ0v) is 11.0. The van der Waals surface area contributed by atoms with Crippen LogP contribution in [0.15, 0.2) is 0 Å². The van der Waals surface area contributed by atoms with E-state index in [0.717, 1.165) is 5.92 Å². The second-order valence-electron chi connectivity index (χ2n) is 6.56. The number of carbonyl (C=O) groups is 1. The molecule has 0 aromatic carbocycles. The van der Waals surface area contributed by atoms with Crippen molar-refractivity contribution in [3.8, 4) is 0 Å². The highest BCUT2D eigenvalue weighted by Gasteiger charge is 2.50. The quantitative estimate of drug-likeness (QED) is 0.814. The Hall–Kier alpha value is -0.570. The lowest BCUT2D eigenvalue weighted by Crippen LogP contribution is -2.54. The molecule has 0 bridgehead atoms. The van der Waals surface area contributed by atoms with Gasteiger partial charge in [-0.05, 0) is 51.4 Å². The summed E-state index contributed by atoms with van der Waals surface area (Å²) in [6.07, 6.45) is 8.19. The summed E-state index contributed by atoms with van der Waals surface area (Å²) in [4.78, 5) is 14.4. The summed E-state index contributed by atoms with van der Waals surface area (Å²) >= 11 is 0. The van der Waals surface area contributed by atoms with Crippen LogP contribution in [0, 0.1) is 11.8 Å². The molecule has 1 atom stereocenters. The highest BCUT2D eigenvalue weighted by atomic mass is 16.2. The second-order valence-corrected chi connectivity index (χ2v) is 6.56. The van der Waals surface area contributed by atoms with Gasteiger partial charge in [-0.3, -0.25) is 10.1 Å². The lowest BCUT2D eigenvalue weighted by Gasteiger charge is -2.42. The molecule has 2 saturated carbocycles. The summed E-state index contributed by atoms with van der Waals surface area (Å²) in [7, 11) is 0. The van der Waals surface area contributed by atoms with Crippen molar-refractivity contribution >= 4 is 5.91 Å². The smallest absolute Gasteiger partial charge is 0.238 e. The van der Waals surface area contributed by atoms with E-state index < -0.39 is 0 Å². The molecule has 1 unspecified atom stereocenters. The minimum Gasteiger partial charge on any atom is -0.320 e. The topological polar surface area (TPSA) is 32.3 Å². The van der Waals surface area contributed by atoms with Crippen molar-refractivity contribution in [3.63, 3.8) is 0 Å². The van der Waals surface area contributed by atoms with E-state index in [-0.39, 0.29) is 5.54 Å². The zero-order valence-electron chi connectivity index (χ0n) is 11.0. The standard InChI is InChI=1S/C14H24N2O/c1-14(2,11-7-8-11)16-12(17)9-15-13(16)10-5-3-4-6-10/h10-11,13,15H,3-9H2,1-2H3. The number of hydrogen-bond donors (Lipinski definition) is 1. The molecule has 0 aromatic rings. The van der Waals surface area contributed by atoms with E-state index in [1.54, 1.807) is 0 Å². The molecule has 3 rings (SSSR count). The van der Waals surface area contributed by atoms with Crippen LogP contribution in [0.5, 0.6) is 0 Å². The van der Waals surface area contributed by atoms with Crippen molar-refractivity contribution in [2.24, 2.45) is 11.8 Å². The molecule has 1 aliphatic heterocycles. The van der Waals surface area contributed by atoms with Gasteiger partial charge in [0.1, 0.15) is 0 Å². The maximum absolute atomic E-state index is 12.2. The monoisotopic (exact) mass is 236 g/mol. The average Bonchev–Trinajstić information content (AvgIpc) is 2.87. The normalized spacial score (nSPS) is 31.5. The highest BCUT2D eigenvalue weighted by Crippen LogP contribution is 2.45. The molecule has 17 heavy (non-hydrogen) atoms. The predicted molar refractivity (Wildman–Crippen MR) is 67.4 cm³/mol. The third-order valence-electron chi connectivity index (χ3n) is 5.05. The molecule has 96 valence electrons. The van der Waals surface area contributed by atoms with Crippen molar-refractivity contribution in [2.75, 3.05) is 6.54 Å². The van der Waals surface area contributed by atoms with Gasteiger partial charge in [0, 0.05) is 5.54 Å². The van der Waals surface area contributed by atoms with E-state index in [2.05, 4.69) is 24.1 Å². The van der Waals surface area contributed by atoms with Crippen LogP contribution in [0.3, 0.4) is 0 Å². The molecule has 1 amide bonds. The Bertz CT molecular complexity index is 316. The Balaban J connectivity index is 1.80. The number of nitrogens with zero attached hydrogens (tertiary/aromatic N) is 1. The SMILES string of the molecule is CC(C)(C1CC1)N1C(=O)CNC1C1CCCC1. The summed E-state index contributed by atoms with van der Waals surface area (Å²) in [6, 6.07) is 0. The van der Waals surface area contributed by atoms with E-state index in [1.165, 1.54) is 38.5 Å². The third-order valence-corrected chi connectivity index (χ3v) is 5.05. The first-order chi connectivity index (χ1) is 8.10. The zero-order chi connectivity index (χ0) is 12.0. The number of rotatable bonds is 3. The maximum atomic E-state index is 12.2. The van der Waals surface area contributed by atoms with Crippen LogP contribution in [0.1, 0.15) is 52.4 Å². The van der Waals surface area contributed by atoms with Crippen LogP contribution in [0.25, 0.3) is 0 Å². The van der Waals surface area contributed by atoms with Gasteiger partial charge < -0.3 is 4.90 Å². The molecular weight excluding hydrogens is 212 g/mol. The van der Waals surface area contributed by atoms with Crippen molar-refractivity contribution in [1.82, 2.24) is 10.2 Å². The fourth-order valence-corrected chi connectivity index (χ4v) is 3.84. The molecule has 0 aromatic heterocycles. The molecule has 3 aliphatic rings. The van der Waals surface area contributed by atoms with Crippen molar-refractivity contribution in [1.29, 1.82) is 0 Å². The molecule has 1 N–H and O–H groups in total. The average molecular weight is 236 g/mol. The van der Waals surface area contributed by atoms with Crippen LogP contribution in [0.4, 0.5) is 0 Å². The molecule has 2 aliphatic carbocycles. The summed E-state index contributed by atoms with van der Waals surface area (Å²) in [5.41, 5.74) is 0.0633. The van der Waals surface area contributed by atoms with Crippen molar-refractivity contribution < 1.29 is 4.79 Å². The summed E-state index contributed by atoms with van der Waals surface area (Å²) in [6.45, 7) is 5.08. The predicted octanol–water partition coefficient (Wildman–Crippen LogP) is 2.12. The van der Waals surface area contributed by atoms with Gasteiger partial charge in [0.15, 0.2) is 0 Å². The Morgan fingerprint density at radius 1 is 1.18 bits per heavy atom. The first kappa shape index (κ1) is 11.5. The van der Waals surface area contributed by atoms with E-state index in [4.69, 9.17) is 0 Å². The molecule has 3 fully saturated rings. The highest BCUT2D eigenvalue weighted by molar-refractivity contribution is 5.81.